The van der Waals surface area contributed by atoms with E-state index in [4.69, 9.17) is 23.2 Å². The third kappa shape index (κ3) is 1.41. The quantitative estimate of drug-likeness (QED) is 0.484. The van der Waals surface area contributed by atoms with Gasteiger partial charge in [0.05, 0.1) is 10.8 Å². The van der Waals surface area contributed by atoms with Gasteiger partial charge in [0.25, 0.3) is 0 Å². The fourth-order valence-corrected chi connectivity index (χ4v) is 2.48. The summed E-state index contributed by atoms with van der Waals surface area (Å²) < 4.78 is 0. The van der Waals surface area contributed by atoms with Crippen LogP contribution in [0, 0.1) is 0 Å². The molecule has 0 N–H and O–H groups in total. The maximum atomic E-state index is 5.71. The summed E-state index contributed by atoms with van der Waals surface area (Å²) in [5.74, 6) is 2.05. The zero-order valence-electron chi connectivity index (χ0n) is 3.73. The van der Waals surface area contributed by atoms with Gasteiger partial charge in [-0.3, -0.25) is 0 Å². The van der Waals surface area contributed by atoms with Crippen LogP contribution in [0.15, 0.2) is 0 Å². The SMILES string of the molecule is ClC1CSCC1Cl. The van der Waals surface area contributed by atoms with Crippen LogP contribution in [0.25, 0.3) is 0 Å². The number of rotatable bonds is 0. The maximum absolute atomic E-state index is 5.71. The van der Waals surface area contributed by atoms with Crippen molar-refractivity contribution in [1.82, 2.24) is 0 Å². The van der Waals surface area contributed by atoms with Gasteiger partial charge in [-0.1, -0.05) is 0 Å². The Morgan fingerprint density at radius 2 is 1.57 bits per heavy atom. The van der Waals surface area contributed by atoms with Crippen LogP contribution in [0.3, 0.4) is 0 Å². The number of hydrogen-bond acceptors (Lipinski definition) is 1. The lowest BCUT2D eigenvalue weighted by Crippen LogP contribution is -2.09. The molecule has 0 bridgehead atoms. The van der Waals surface area contributed by atoms with Gasteiger partial charge in [0.2, 0.25) is 0 Å². The first-order valence-electron chi connectivity index (χ1n) is 2.16. The van der Waals surface area contributed by atoms with E-state index in [-0.39, 0.29) is 10.8 Å². The molecule has 3 heteroatoms. The molecule has 0 aliphatic carbocycles. The summed E-state index contributed by atoms with van der Waals surface area (Å²) in [5, 5.41) is 0.429. The third-order valence-corrected chi connectivity index (χ3v) is 3.55. The van der Waals surface area contributed by atoms with Crippen LogP contribution in [0.2, 0.25) is 0 Å². The Morgan fingerprint density at radius 1 is 1.14 bits per heavy atom. The van der Waals surface area contributed by atoms with E-state index in [1.165, 1.54) is 0 Å². The molecule has 2 unspecified atom stereocenters. The summed E-state index contributed by atoms with van der Waals surface area (Å²) in [6.45, 7) is 0. The smallest absolute Gasteiger partial charge is 0.0598 e. The Hall–Kier alpha value is 0.930. The van der Waals surface area contributed by atoms with E-state index in [9.17, 15) is 0 Å². The molecule has 42 valence electrons. The lowest BCUT2D eigenvalue weighted by atomic mass is 10.4. The van der Waals surface area contributed by atoms with Gasteiger partial charge in [-0.05, 0) is 0 Å². The van der Waals surface area contributed by atoms with Crippen LogP contribution >= 0.6 is 35.0 Å². The summed E-state index contributed by atoms with van der Waals surface area (Å²) >= 11 is 13.2. The van der Waals surface area contributed by atoms with Gasteiger partial charge in [0, 0.05) is 11.5 Å². The average Bonchev–Trinajstić information content (AvgIpc) is 1.91. The van der Waals surface area contributed by atoms with Crippen LogP contribution < -0.4 is 0 Å². The third-order valence-electron chi connectivity index (χ3n) is 0.947. The fraction of sp³-hybridized carbons (Fsp3) is 1.00. The maximum Gasteiger partial charge on any atom is 0.0598 e. The molecule has 0 aromatic heterocycles. The monoisotopic (exact) mass is 156 g/mol. The zero-order chi connectivity index (χ0) is 5.28. The van der Waals surface area contributed by atoms with Crippen LogP contribution in [0.5, 0.6) is 0 Å². The Morgan fingerprint density at radius 3 is 1.71 bits per heavy atom. The standard InChI is InChI=1S/C4H6Cl2S/c5-3-1-7-2-4(3)6/h3-4H,1-2H2. The molecule has 0 aromatic carbocycles. The second-order valence-corrected chi connectivity index (χ2v) is 3.77. The van der Waals surface area contributed by atoms with E-state index in [0.29, 0.717) is 0 Å². The summed E-state index contributed by atoms with van der Waals surface area (Å²) in [5.41, 5.74) is 0. The Kier molecular flexibility index (Phi) is 2.14. The largest absolute Gasteiger partial charge is 0.159 e. The van der Waals surface area contributed by atoms with Crippen molar-refractivity contribution < 1.29 is 0 Å². The predicted octanol–water partition coefficient (Wildman–Crippen LogP) is 1.95. The van der Waals surface area contributed by atoms with Gasteiger partial charge in [-0.2, -0.15) is 11.8 Å². The summed E-state index contributed by atoms with van der Waals surface area (Å²) in [6, 6.07) is 0. The molecule has 0 radical (unpaired) electrons. The van der Waals surface area contributed by atoms with Crippen molar-refractivity contribution in [1.29, 1.82) is 0 Å². The minimum atomic E-state index is 0.215. The molecule has 0 spiro atoms. The molecule has 7 heavy (non-hydrogen) atoms. The van der Waals surface area contributed by atoms with E-state index < -0.39 is 0 Å². The van der Waals surface area contributed by atoms with Gasteiger partial charge >= 0.3 is 0 Å². The molecular formula is C4H6Cl2S. The van der Waals surface area contributed by atoms with Crippen molar-refractivity contribution >= 4 is 35.0 Å². The number of halogens is 2. The van der Waals surface area contributed by atoms with E-state index in [1.807, 2.05) is 11.8 Å². The van der Waals surface area contributed by atoms with Gasteiger partial charge < -0.3 is 0 Å². The lowest BCUT2D eigenvalue weighted by molar-refractivity contribution is 0.967. The Labute approximate surface area is 57.6 Å². The molecule has 1 rings (SSSR count). The Bertz CT molecular complexity index is 58.7. The highest BCUT2D eigenvalue weighted by molar-refractivity contribution is 7.99. The van der Waals surface area contributed by atoms with Crippen LogP contribution in [-0.4, -0.2) is 22.3 Å². The zero-order valence-corrected chi connectivity index (χ0v) is 6.06. The minimum Gasteiger partial charge on any atom is -0.159 e. The molecule has 1 aliphatic rings. The van der Waals surface area contributed by atoms with E-state index in [2.05, 4.69) is 0 Å². The van der Waals surface area contributed by atoms with Gasteiger partial charge in [-0.25, -0.2) is 0 Å². The molecule has 1 fully saturated rings. The number of hydrogen-bond donors (Lipinski definition) is 0. The molecule has 2 atom stereocenters. The molecule has 0 amide bonds. The molecule has 1 saturated heterocycles. The topological polar surface area (TPSA) is 0 Å². The van der Waals surface area contributed by atoms with Crippen LogP contribution in [0.1, 0.15) is 0 Å². The van der Waals surface area contributed by atoms with Crippen molar-refractivity contribution in [2.45, 2.75) is 10.8 Å². The predicted molar refractivity (Wildman–Crippen MR) is 36.6 cm³/mol. The lowest BCUT2D eigenvalue weighted by Gasteiger charge is -1.98. The summed E-state index contributed by atoms with van der Waals surface area (Å²) in [6.07, 6.45) is 0. The second-order valence-electron chi connectivity index (χ2n) is 1.57. The van der Waals surface area contributed by atoms with Gasteiger partial charge in [-0.15, -0.1) is 23.2 Å². The van der Waals surface area contributed by atoms with Crippen molar-refractivity contribution in [3.63, 3.8) is 0 Å². The van der Waals surface area contributed by atoms with Crippen molar-refractivity contribution in [3.8, 4) is 0 Å². The van der Waals surface area contributed by atoms with Gasteiger partial charge in [0.15, 0.2) is 0 Å². The Balaban J connectivity index is 2.33. The first-order chi connectivity index (χ1) is 3.30. The van der Waals surface area contributed by atoms with E-state index in [0.717, 1.165) is 11.5 Å². The first kappa shape index (κ1) is 6.06. The normalized spacial score (nSPS) is 42.0. The molecule has 0 nitrogen and oxygen atoms in total. The van der Waals surface area contributed by atoms with E-state index in [1.54, 1.807) is 0 Å². The van der Waals surface area contributed by atoms with Crippen LogP contribution in [0.4, 0.5) is 0 Å². The fourth-order valence-electron chi connectivity index (χ4n) is 0.502. The first-order valence-corrected chi connectivity index (χ1v) is 4.19. The van der Waals surface area contributed by atoms with E-state index >= 15 is 0 Å². The highest BCUT2D eigenvalue weighted by Gasteiger charge is 2.22. The molecule has 1 heterocycles. The highest BCUT2D eigenvalue weighted by Crippen LogP contribution is 2.26. The minimum absolute atomic E-state index is 0.215. The number of thioether (sulfide) groups is 1. The molecule has 1 aliphatic heterocycles. The molecule has 0 saturated carbocycles. The second kappa shape index (κ2) is 2.47. The average molecular weight is 157 g/mol. The van der Waals surface area contributed by atoms with Crippen molar-refractivity contribution in [2.24, 2.45) is 0 Å². The summed E-state index contributed by atoms with van der Waals surface area (Å²) in [4.78, 5) is 0. The molecule has 0 aromatic rings. The van der Waals surface area contributed by atoms with Crippen molar-refractivity contribution in [2.75, 3.05) is 11.5 Å². The van der Waals surface area contributed by atoms with Gasteiger partial charge in [0.1, 0.15) is 0 Å². The summed E-state index contributed by atoms with van der Waals surface area (Å²) in [7, 11) is 0. The number of alkyl halides is 2. The van der Waals surface area contributed by atoms with Crippen LogP contribution in [-0.2, 0) is 0 Å². The molecular weight excluding hydrogens is 151 g/mol. The van der Waals surface area contributed by atoms with Crippen molar-refractivity contribution in [3.05, 3.63) is 0 Å². The highest BCUT2D eigenvalue weighted by atomic mass is 35.5.